The number of H-pyrrole nitrogens is 1. The van der Waals surface area contributed by atoms with Crippen LogP contribution in [-0.4, -0.2) is 48.6 Å². The molecule has 0 radical (unpaired) electrons. The minimum atomic E-state index is -3.54. The molecule has 0 saturated carbocycles. The highest BCUT2D eigenvalue weighted by molar-refractivity contribution is 7.89. The molecule has 150 valence electrons. The summed E-state index contributed by atoms with van der Waals surface area (Å²) in [5.41, 5.74) is 3.73. The molecule has 1 amide bonds. The molecule has 2 N–H and O–H groups in total. The summed E-state index contributed by atoms with van der Waals surface area (Å²) in [5.74, 6) is -0.0424. The topological polar surface area (TPSA) is 95.2 Å². The Morgan fingerprint density at radius 2 is 1.82 bits per heavy atom. The fraction of sp³-hybridized carbons (Fsp3) is 0.500. The number of rotatable bonds is 4. The van der Waals surface area contributed by atoms with Gasteiger partial charge in [-0.25, -0.2) is 13.1 Å². The van der Waals surface area contributed by atoms with Crippen LogP contribution < -0.4 is 4.72 Å². The average molecular weight is 403 g/mol. The minimum Gasteiger partial charge on any atom is -0.337 e. The van der Waals surface area contributed by atoms with Crippen molar-refractivity contribution in [2.75, 3.05) is 13.1 Å². The third kappa shape index (κ3) is 3.84. The number of carbonyl (C=O) groups excluding carboxylic acids is 1. The summed E-state index contributed by atoms with van der Waals surface area (Å²) in [5, 5.41) is 7.29. The lowest BCUT2D eigenvalue weighted by atomic mass is 9.95. The van der Waals surface area contributed by atoms with Crippen molar-refractivity contribution in [3.63, 3.8) is 0 Å². The van der Waals surface area contributed by atoms with E-state index in [9.17, 15) is 13.2 Å². The Kier molecular flexibility index (Phi) is 5.25. The summed E-state index contributed by atoms with van der Waals surface area (Å²) in [7, 11) is -3.54. The minimum absolute atomic E-state index is 0.0424. The van der Waals surface area contributed by atoms with Crippen LogP contribution in [0.4, 0.5) is 0 Å². The fourth-order valence-electron chi connectivity index (χ4n) is 4.01. The molecule has 0 unspecified atom stereocenters. The van der Waals surface area contributed by atoms with Crippen LogP contribution in [-0.2, 0) is 22.9 Å². The predicted molar refractivity (Wildman–Crippen MR) is 106 cm³/mol. The number of sulfonamides is 1. The number of aromatic nitrogens is 2. The number of aryl methyl sites for hydroxylation is 2. The lowest BCUT2D eigenvalue weighted by Gasteiger charge is -2.32. The van der Waals surface area contributed by atoms with Gasteiger partial charge in [0.1, 0.15) is 0 Å². The van der Waals surface area contributed by atoms with E-state index in [4.69, 9.17) is 0 Å². The molecular weight excluding hydrogens is 376 g/mol. The standard InChI is InChI=1S/C20H26N4O3S/c1-14-6-8-16(9-7-14)28(26,27)23-15-10-12-24(13-11-15)20(25)19-17-4-2-3-5-18(17)21-22-19/h6-9,15,23H,2-5,10-13H2,1H3,(H,21,22). The zero-order valence-electron chi connectivity index (χ0n) is 16.1. The third-order valence-corrected chi connectivity index (χ3v) is 7.23. The van der Waals surface area contributed by atoms with Gasteiger partial charge in [0.25, 0.3) is 5.91 Å². The Hall–Kier alpha value is -2.19. The Morgan fingerprint density at radius 3 is 2.54 bits per heavy atom. The van der Waals surface area contributed by atoms with Crippen molar-refractivity contribution in [3.8, 4) is 0 Å². The van der Waals surface area contributed by atoms with Crippen molar-refractivity contribution in [2.45, 2.75) is 56.4 Å². The van der Waals surface area contributed by atoms with E-state index in [1.54, 1.807) is 29.2 Å². The molecule has 0 bridgehead atoms. The second kappa shape index (κ2) is 7.67. The van der Waals surface area contributed by atoms with Gasteiger partial charge in [0, 0.05) is 30.4 Å². The molecule has 2 aromatic rings. The molecule has 8 heteroatoms. The number of aromatic amines is 1. The number of likely N-dealkylation sites (tertiary alicyclic amines) is 1. The first kappa shape index (κ1) is 19.1. The zero-order valence-corrected chi connectivity index (χ0v) is 16.9. The van der Waals surface area contributed by atoms with Crippen LogP contribution in [0.25, 0.3) is 0 Å². The predicted octanol–water partition coefficient (Wildman–Crippen LogP) is 2.18. The van der Waals surface area contributed by atoms with Gasteiger partial charge in [0.05, 0.1) is 4.90 Å². The van der Waals surface area contributed by atoms with Crippen LogP contribution in [0.5, 0.6) is 0 Å². The summed E-state index contributed by atoms with van der Waals surface area (Å²) in [6.07, 6.45) is 5.29. The maximum atomic E-state index is 12.9. The lowest BCUT2D eigenvalue weighted by Crippen LogP contribution is -2.46. The second-order valence-corrected chi connectivity index (χ2v) is 9.45. The Balaban J connectivity index is 1.37. The second-order valence-electron chi connectivity index (χ2n) is 7.74. The number of amides is 1. The summed E-state index contributed by atoms with van der Waals surface area (Å²) in [4.78, 5) is 15.0. The van der Waals surface area contributed by atoms with Gasteiger partial charge < -0.3 is 4.90 Å². The summed E-state index contributed by atoms with van der Waals surface area (Å²) in [6.45, 7) is 2.98. The van der Waals surface area contributed by atoms with E-state index in [0.717, 1.165) is 42.5 Å². The maximum Gasteiger partial charge on any atom is 0.274 e. The first-order valence-electron chi connectivity index (χ1n) is 9.88. The van der Waals surface area contributed by atoms with Gasteiger partial charge in [-0.3, -0.25) is 9.89 Å². The molecule has 28 heavy (non-hydrogen) atoms. The highest BCUT2D eigenvalue weighted by atomic mass is 32.2. The summed E-state index contributed by atoms with van der Waals surface area (Å²) >= 11 is 0. The molecule has 2 aliphatic rings. The molecule has 4 rings (SSSR count). The number of piperidine rings is 1. The van der Waals surface area contributed by atoms with Crippen LogP contribution >= 0.6 is 0 Å². The van der Waals surface area contributed by atoms with E-state index in [-0.39, 0.29) is 16.8 Å². The van der Waals surface area contributed by atoms with Crippen LogP contribution in [0.2, 0.25) is 0 Å². The third-order valence-electron chi connectivity index (χ3n) is 5.69. The number of nitrogens with one attached hydrogen (secondary N) is 2. The van der Waals surface area contributed by atoms with Crippen molar-refractivity contribution in [3.05, 3.63) is 46.8 Å². The van der Waals surface area contributed by atoms with Crippen LogP contribution in [0.3, 0.4) is 0 Å². The van der Waals surface area contributed by atoms with Crippen molar-refractivity contribution in [1.29, 1.82) is 0 Å². The molecule has 2 heterocycles. The van der Waals surface area contributed by atoms with Gasteiger partial charge in [-0.05, 0) is 57.6 Å². The number of nitrogens with zero attached hydrogens (tertiary/aromatic N) is 2. The van der Waals surface area contributed by atoms with Crippen molar-refractivity contribution >= 4 is 15.9 Å². The quantitative estimate of drug-likeness (QED) is 0.819. The molecular formula is C20H26N4O3S. The fourth-order valence-corrected chi connectivity index (χ4v) is 5.32. The van der Waals surface area contributed by atoms with Gasteiger partial charge >= 0.3 is 0 Å². The highest BCUT2D eigenvalue weighted by Crippen LogP contribution is 2.24. The summed E-state index contributed by atoms with van der Waals surface area (Å²) < 4.78 is 27.9. The van der Waals surface area contributed by atoms with E-state index in [2.05, 4.69) is 14.9 Å². The maximum absolute atomic E-state index is 12.9. The monoisotopic (exact) mass is 402 g/mol. The number of fused-ring (bicyclic) bond motifs is 1. The molecule has 1 aliphatic heterocycles. The van der Waals surface area contributed by atoms with Crippen LogP contribution in [0, 0.1) is 6.92 Å². The normalized spacial score (nSPS) is 18.1. The molecule has 1 aromatic carbocycles. The van der Waals surface area contributed by atoms with E-state index in [0.29, 0.717) is 31.6 Å². The SMILES string of the molecule is Cc1ccc(S(=O)(=O)NC2CCN(C(=O)c3n[nH]c4c3CCCC4)CC2)cc1. The number of benzene rings is 1. The first-order valence-corrected chi connectivity index (χ1v) is 11.4. The molecule has 7 nitrogen and oxygen atoms in total. The van der Waals surface area contributed by atoms with E-state index >= 15 is 0 Å². The molecule has 1 fully saturated rings. The van der Waals surface area contributed by atoms with Gasteiger partial charge in [0.15, 0.2) is 5.69 Å². The number of hydrogen-bond acceptors (Lipinski definition) is 4. The summed E-state index contributed by atoms with van der Waals surface area (Å²) in [6, 6.07) is 6.66. The zero-order chi connectivity index (χ0) is 19.7. The molecule has 1 aliphatic carbocycles. The van der Waals surface area contributed by atoms with Gasteiger partial charge in [-0.1, -0.05) is 17.7 Å². The first-order chi connectivity index (χ1) is 13.4. The van der Waals surface area contributed by atoms with Crippen molar-refractivity contribution in [1.82, 2.24) is 19.8 Å². The van der Waals surface area contributed by atoms with Crippen molar-refractivity contribution < 1.29 is 13.2 Å². The van der Waals surface area contributed by atoms with Crippen LogP contribution in [0.1, 0.15) is 53.0 Å². The van der Waals surface area contributed by atoms with Gasteiger partial charge in [-0.15, -0.1) is 0 Å². The average Bonchev–Trinajstić information content (AvgIpc) is 3.12. The van der Waals surface area contributed by atoms with Crippen LogP contribution in [0.15, 0.2) is 29.2 Å². The Labute approximate surface area is 165 Å². The Bertz CT molecular complexity index is 958. The van der Waals surface area contributed by atoms with Gasteiger partial charge in [0.2, 0.25) is 10.0 Å². The molecule has 0 atom stereocenters. The van der Waals surface area contributed by atoms with Gasteiger partial charge in [-0.2, -0.15) is 5.10 Å². The molecule has 1 aromatic heterocycles. The van der Waals surface area contributed by atoms with E-state index in [1.165, 1.54) is 0 Å². The Morgan fingerprint density at radius 1 is 1.14 bits per heavy atom. The largest absolute Gasteiger partial charge is 0.337 e. The molecule has 0 spiro atoms. The highest BCUT2D eigenvalue weighted by Gasteiger charge is 2.30. The van der Waals surface area contributed by atoms with E-state index < -0.39 is 10.0 Å². The smallest absolute Gasteiger partial charge is 0.274 e. The number of carbonyl (C=O) groups is 1. The van der Waals surface area contributed by atoms with E-state index in [1.807, 2.05) is 6.92 Å². The molecule has 1 saturated heterocycles. The number of hydrogen-bond donors (Lipinski definition) is 2. The lowest BCUT2D eigenvalue weighted by molar-refractivity contribution is 0.0704. The van der Waals surface area contributed by atoms with Crippen molar-refractivity contribution in [2.24, 2.45) is 0 Å².